The van der Waals surface area contributed by atoms with Gasteiger partial charge in [0.15, 0.2) is 0 Å². The number of para-hydroxylation sites is 1. The fourth-order valence-corrected chi connectivity index (χ4v) is 2.81. The molecule has 5 heteroatoms. The fraction of sp³-hybridized carbons (Fsp3) is 0.400. The smallest absolute Gasteiger partial charge is 0.144 e. The normalized spacial score (nSPS) is 10.6. The second kappa shape index (κ2) is 6.61. The van der Waals surface area contributed by atoms with Gasteiger partial charge in [-0.2, -0.15) is 0 Å². The highest BCUT2D eigenvalue weighted by Gasteiger charge is 2.12. The molecule has 4 nitrogen and oxygen atoms in total. The standard InChI is InChI=1S/C15H21N3OS/c1-4-8-19-13-7-5-6-12(15(13)16)18(3)9-14-11(2)17-10-20-14/h5-7,10H,4,8-9,16H2,1-3H3. The van der Waals surface area contributed by atoms with Gasteiger partial charge in [-0.15, -0.1) is 11.3 Å². The summed E-state index contributed by atoms with van der Waals surface area (Å²) in [6.07, 6.45) is 0.972. The van der Waals surface area contributed by atoms with Crippen LogP contribution in [0.15, 0.2) is 23.7 Å². The Kier molecular flexibility index (Phi) is 4.84. The van der Waals surface area contributed by atoms with E-state index in [1.54, 1.807) is 11.3 Å². The van der Waals surface area contributed by atoms with Gasteiger partial charge in [-0.3, -0.25) is 0 Å². The molecule has 0 saturated carbocycles. The lowest BCUT2D eigenvalue weighted by molar-refractivity contribution is 0.319. The molecule has 0 saturated heterocycles. The molecule has 0 radical (unpaired) electrons. The van der Waals surface area contributed by atoms with E-state index in [2.05, 4.69) is 16.8 Å². The number of nitrogens with two attached hydrogens (primary N) is 1. The molecule has 0 fully saturated rings. The van der Waals surface area contributed by atoms with Crippen molar-refractivity contribution in [3.8, 4) is 5.75 Å². The maximum atomic E-state index is 6.21. The highest BCUT2D eigenvalue weighted by molar-refractivity contribution is 7.09. The van der Waals surface area contributed by atoms with Crippen LogP contribution in [-0.2, 0) is 6.54 Å². The molecule has 2 aromatic rings. The first kappa shape index (κ1) is 14.7. The molecule has 0 aliphatic heterocycles. The minimum absolute atomic E-state index is 0.686. The summed E-state index contributed by atoms with van der Waals surface area (Å²) in [6, 6.07) is 5.91. The van der Waals surface area contributed by atoms with Crippen LogP contribution in [0.3, 0.4) is 0 Å². The Morgan fingerprint density at radius 1 is 1.40 bits per heavy atom. The van der Waals surface area contributed by atoms with Crippen LogP contribution >= 0.6 is 11.3 Å². The van der Waals surface area contributed by atoms with E-state index in [4.69, 9.17) is 10.5 Å². The van der Waals surface area contributed by atoms with Crippen LogP contribution in [0.4, 0.5) is 11.4 Å². The average Bonchev–Trinajstić information content (AvgIpc) is 2.83. The topological polar surface area (TPSA) is 51.4 Å². The number of thiazole rings is 1. The van der Waals surface area contributed by atoms with Crippen LogP contribution in [0.25, 0.3) is 0 Å². The predicted octanol–water partition coefficient (Wildman–Crippen LogP) is 3.46. The summed E-state index contributed by atoms with van der Waals surface area (Å²) < 4.78 is 5.67. The molecule has 1 heterocycles. The maximum Gasteiger partial charge on any atom is 0.144 e. The van der Waals surface area contributed by atoms with Crippen molar-refractivity contribution in [1.29, 1.82) is 0 Å². The number of hydrogen-bond donors (Lipinski definition) is 1. The number of ether oxygens (including phenoxy) is 1. The van der Waals surface area contributed by atoms with Gasteiger partial charge in [-0.1, -0.05) is 13.0 Å². The Hall–Kier alpha value is -1.75. The Bertz CT molecular complexity index is 568. The SMILES string of the molecule is CCCOc1cccc(N(C)Cc2scnc2C)c1N. The summed E-state index contributed by atoms with van der Waals surface area (Å²) in [5, 5.41) is 0. The Morgan fingerprint density at radius 2 is 2.20 bits per heavy atom. The summed E-state index contributed by atoms with van der Waals surface area (Å²) in [5.74, 6) is 0.761. The highest BCUT2D eigenvalue weighted by Crippen LogP contribution is 2.33. The molecule has 0 spiro atoms. The van der Waals surface area contributed by atoms with Crippen LogP contribution in [0, 0.1) is 6.92 Å². The highest BCUT2D eigenvalue weighted by atomic mass is 32.1. The lowest BCUT2D eigenvalue weighted by Crippen LogP contribution is -2.18. The predicted molar refractivity (Wildman–Crippen MR) is 85.6 cm³/mol. The van der Waals surface area contributed by atoms with Gasteiger partial charge >= 0.3 is 0 Å². The molecule has 0 aliphatic rings. The lowest BCUT2D eigenvalue weighted by Gasteiger charge is -2.22. The summed E-state index contributed by atoms with van der Waals surface area (Å²) in [4.78, 5) is 7.67. The first-order chi connectivity index (χ1) is 9.63. The molecule has 108 valence electrons. The van der Waals surface area contributed by atoms with Crippen molar-refractivity contribution in [1.82, 2.24) is 4.98 Å². The van der Waals surface area contributed by atoms with Crippen LogP contribution in [0.1, 0.15) is 23.9 Å². The number of nitrogen functional groups attached to an aromatic ring is 1. The number of rotatable bonds is 6. The van der Waals surface area contributed by atoms with Crippen LogP contribution < -0.4 is 15.4 Å². The minimum Gasteiger partial charge on any atom is -0.491 e. The molecule has 2 N–H and O–H groups in total. The monoisotopic (exact) mass is 291 g/mol. The molecule has 1 aromatic heterocycles. The summed E-state index contributed by atoms with van der Waals surface area (Å²) in [6.45, 7) is 5.60. The quantitative estimate of drug-likeness (QED) is 0.828. The van der Waals surface area contributed by atoms with E-state index < -0.39 is 0 Å². The van der Waals surface area contributed by atoms with Gasteiger partial charge in [0, 0.05) is 11.9 Å². The van der Waals surface area contributed by atoms with E-state index >= 15 is 0 Å². The molecule has 1 aromatic carbocycles. The van der Waals surface area contributed by atoms with Gasteiger partial charge in [0.25, 0.3) is 0 Å². The Labute approximate surface area is 124 Å². The van der Waals surface area contributed by atoms with Gasteiger partial charge < -0.3 is 15.4 Å². The fourth-order valence-electron chi connectivity index (χ4n) is 1.98. The number of aromatic nitrogens is 1. The number of aryl methyl sites for hydroxylation is 1. The molecule has 0 bridgehead atoms. The van der Waals surface area contributed by atoms with E-state index in [0.29, 0.717) is 12.3 Å². The van der Waals surface area contributed by atoms with Crippen molar-refractivity contribution in [2.24, 2.45) is 0 Å². The van der Waals surface area contributed by atoms with Gasteiger partial charge in [0.1, 0.15) is 5.75 Å². The summed E-state index contributed by atoms with van der Waals surface area (Å²) in [5.41, 5.74) is 10.9. The third kappa shape index (κ3) is 3.22. The third-order valence-electron chi connectivity index (χ3n) is 3.14. The van der Waals surface area contributed by atoms with E-state index in [9.17, 15) is 0 Å². The van der Waals surface area contributed by atoms with Gasteiger partial charge in [-0.05, 0) is 25.5 Å². The molecule has 0 amide bonds. The molecule has 0 atom stereocenters. The first-order valence-corrected chi connectivity index (χ1v) is 7.62. The Morgan fingerprint density at radius 3 is 2.85 bits per heavy atom. The van der Waals surface area contributed by atoms with Crippen LogP contribution in [0.5, 0.6) is 5.75 Å². The van der Waals surface area contributed by atoms with Crippen LogP contribution in [-0.4, -0.2) is 18.6 Å². The molecule has 0 unspecified atom stereocenters. The lowest BCUT2D eigenvalue weighted by atomic mass is 10.2. The minimum atomic E-state index is 0.686. The largest absolute Gasteiger partial charge is 0.491 e. The van der Waals surface area contributed by atoms with Crippen molar-refractivity contribution in [3.63, 3.8) is 0 Å². The zero-order valence-electron chi connectivity index (χ0n) is 12.2. The van der Waals surface area contributed by atoms with Crippen molar-refractivity contribution < 1.29 is 4.74 Å². The van der Waals surface area contributed by atoms with E-state index in [-0.39, 0.29) is 0 Å². The van der Waals surface area contributed by atoms with Gasteiger partial charge in [-0.25, -0.2) is 4.98 Å². The van der Waals surface area contributed by atoms with Crippen molar-refractivity contribution in [2.75, 3.05) is 24.3 Å². The second-order valence-electron chi connectivity index (χ2n) is 4.75. The second-order valence-corrected chi connectivity index (χ2v) is 5.69. The summed E-state index contributed by atoms with van der Waals surface area (Å²) in [7, 11) is 2.04. The van der Waals surface area contributed by atoms with E-state index in [1.807, 2.05) is 37.7 Å². The maximum absolute atomic E-state index is 6.21. The average molecular weight is 291 g/mol. The molecule has 2 rings (SSSR count). The van der Waals surface area contributed by atoms with E-state index in [1.165, 1.54) is 4.88 Å². The van der Waals surface area contributed by atoms with Crippen molar-refractivity contribution in [2.45, 2.75) is 26.8 Å². The molecule has 0 aliphatic carbocycles. The van der Waals surface area contributed by atoms with Gasteiger partial charge in [0.2, 0.25) is 0 Å². The van der Waals surface area contributed by atoms with Crippen LogP contribution in [0.2, 0.25) is 0 Å². The Balaban J connectivity index is 2.17. The zero-order valence-corrected chi connectivity index (χ0v) is 13.0. The van der Waals surface area contributed by atoms with Crippen molar-refractivity contribution in [3.05, 3.63) is 34.3 Å². The number of benzene rings is 1. The first-order valence-electron chi connectivity index (χ1n) is 6.74. The van der Waals surface area contributed by atoms with Gasteiger partial charge in [0.05, 0.1) is 35.7 Å². The number of anilines is 2. The molecule has 20 heavy (non-hydrogen) atoms. The van der Waals surface area contributed by atoms with Crippen molar-refractivity contribution >= 4 is 22.7 Å². The number of hydrogen-bond acceptors (Lipinski definition) is 5. The zero-order chi connectivity index (χ0) is 14.5. The third-order valence-corrected chi connectivity index (χ3v) is 4.06. The molecular formula is C15H21N3OS. The molecular weight excluding hydrogens is 270 g/mol. The summed E-state index contributed by atoms with van der Waals surface area (Å²) >= 11 is 1.67. The number of nitrogens with zero attached hydrogens (tertiary/aromatic N) is 2. The van der Waals surface area contributed by atoms with E-state index in [0.717, 1.165) is 30.1 Å².